The van der Waals surface area contributed by atoms with Crippen LogP contribution in [0.2, 0.25) is 5.02 Å². The third-order valence-corrected chi connectivity index (χ3v) is 7.50. The quantitative estimate of drug-likeness (QED) is 0.483. The molecule has 0 saturated heterocycles. The van der Waals surface area contributed by atoms with Gasteiger partial charge in [-0.15, -0.1) is 0 Å². The summed E-state index contributed by atoms with van der Waals surface area (Å²) in [5, 5.41) is 9.65. The molecule has 1 N–H and O–H groups in total. The van der Waals surface area contributed by atoms with Crippen molar-refractivity contribution in [2.75, 3.05) is 6.54 Å². The first-order valence-electron chi connectivity index (χ1n) is 12.5. The second-order valence-electron chi connectivity index (χ2n) is 9.61. The number of rotatable bonds is 7. The fraction of sp³-hybridized carbons (Fsp3) is 0.345. The Bertz CT molecular complexity index is 1300. The van der Waals surface area contributed by atoms with Gasteiger partial charge in [-0.3, -0.25) is 14.4 Å². The van der Waals surface area contributed by atoms with E-state index in [1.807, 2.05) is 11.0 Å². The molecule has 0 radical (unpaired) electrons. The van der Waals surface area contributed by atoms with Crippen molar-refractivity contribution in [3.05, 3.63) is 87.0 Å². The minimum atomic E-state index is -0.920. The minimum absolute atomic E-state index is 0.0148. The van der Waals surface area contributed by atoms with Crippen LogP contribution < -0.4 is 4.74 Å². The first kappa shape index (κ1) is 25.2. The lowest BCUT2D eigenvalue weighted by atomic mass is 9.71. The number of nitrogens with zero attached hydrogens (tertiary/aromatic N) is 1. The lowest BCUT2D eigenvalue weighted by molar-refractivity contribution is -0.137. The van der Waals surface area contributed by atoms with Crippen molar-refractivity contribution in [3.63, 3.8) is 0 Å². The summed E-state index contributed by atoms with van der Waals surface area (Å²) in [5.74, 6) is -1.42. The lowest BCUT2D eigenvalue weighted by Crippen LogP contribution is -2.39. The van der Waals surface area contributed by atoms with Crippen LogP contribution in [0.15, 0.2) is 65.0 Å². The number of Topliss-reactive ketones (excluding diaryl/α,β-unsaturated/α-hetero) is 2. The molecule has 0 amide bonds. The zero-order valence-corrected chi connectivity index (χ0v) is 21.0. The number of carboxylic acids is 1. The molecule has 2 aromatic carbocycles. The Balaban J connectivity index is 1.53. The molecule has 3 aliphatic rings. The van der Waals surface area contributed by atoms with Crippen LogP contribution in [0, 0.1) is 5.82 Å². The maximum Gasteiger partial charge on any atom is 0.305 e. The van der Waals surface area contributed by atoms with Gasteiger partial charge in [0.1, 0.15) is 18.2 Å². The standard InChI is InChI=1S/C29H27ClFNO5/c30-20-15-18(10-11-25(20)37-16-17-4-1-5-19(31)14-17)27-28-21(6-2-8-23(28)33)32(13-12-26(35)36)22-7-3-9-24(34)29(22)27/h1,4-5,10-11,14-15,27H,2-3,6-9,12-13,16H2,(H,35,36). The van der Waals surface area contributed by atoms with Gasteiger partial charge in [0.2, 0.25) is 0 Å². The van der Waals surface area contributed by atoms with Gasteiger partial charge in [-0.1, -0.05) is 29.8 Å². The molecule has 8 heteroatoms. The molecule has 5 rings (SSSR count). The van der Waals surface area contributed by atoms with Crippen molar-refractivity contribution in [3.8, 4) is 5.75 Å². The molecule has 0 fully saturated rings. The Kier molecular flexibility index (Phi) is 7.15. The highest BCUT2D eigenvalue weighted by atomic mass is 35.5. The lowest BCUT2D eigenvalue weighted by Gasteiger charge is -2.44. The van der Waals surface area contributed by atoms with E-state index < -0.39 is 11.9 Å². The molecular formula is C29H27ClFNO5. The minimum Gasteiger partial charge on any atom is -0.487 e. The average molecular weight is 524 g/mol. The summed E-state index contributed by atoms with van der Waals surface area (Å²) in [6.45, 7) is 0.369. The molecule has 1 heterocycles. The van der Waals surface area contributed by atoms with Crippen molar-refractivity contribution >= 4 is 29.1 Å². The van der Waals surface area contributed by atoms with Gasteiger partial charge in [0.25, 0.3) is 0 Å². The van der Waals surface area contributed by atoms with Gasteiger partial charge in [0.15, 0.2) is 11.6 Å². The molecule has 0 atom stereocenters. The Morgan fingerprint density at radius 1 is 1.00 bits per heavy atom. The van der Waals surface area contributed by atoms with Crippen LogP contribution in [0.4, 0.5) is 4.39 Å². The highest BCUT2D eigenvalue weighted by Crippen LogP contribution is 2.49. The predicted molar refractivity (Wildman–Crippen MR) is 136 cm³/mol. The van der Waals surface area contributed by atoms with Gasteiger partial charge in [-0.05, 0) is 61.1 Å². The van der Waals surface area contributed by atoms with Gasteiger partial charge in [0.05, 0.1) is 11.4 Å². The molecular weight excluding hydrogens is 497 g/mol. The molecule has 0 aromatic heterocycles. The summed E-state index contributed by atoms with van der Waals surface area (Å²) >= 11 is 6.61. The second-order valence-corrected chi connectivity index (χ2v) is 10.0. The summed E-state index contributed by atoms with van der Waals surface area (Å²) < 4.78 is 19.3. The van der Waals surface area contributed by atoms with Crippen LogP contribution in [0.5, 0.6) is 5.75 Å². The maximum atomic E-state index is 13.5. The molecule has 192 valence electrons. The molecule has 0 bridgehead atoms. The SMILES string of the molecule is O=C(O)CCN1C2=C(C(=O)CCC2)C(c2ccc(OCc3cccc(F)c3)c(Cl)c2)C2=C1CCCC2=O. The summed E-state index contributed by atoms with van der Waals surface area (Å²) in [4.78, 5) is 39.9. The van der Waals surface area contributed by atoms with Crippen LogP contribution in [-0.2, 0) is 21.0 Å². The van der Waals surface area contributed by atoms with E-state index in [1.165, 1.54) is 12.1 Å². The summed E-state index contributed by atoms with van der Waals surface area (Å²) in [5.41, 5.74) is 4.22. The number of halogens is 2. The zero-order valence-electron chi connectivity index (χ0n) is 20.3. The number of aliphatic carboxylic acids is 1. The average Bonchev–Trinajstić information content (AvgIpc) is 2.86. The van der Waals surface area contributed by atoms with Crippen LogP contribution in [0.25, 0.3) is 0 Å². The van der Waals surface area contributed by atoms with Crippen molar-refractivity contribution in [2.24, 2.45) is 0 Å². The van der Waals surface area contributed by atoms with Crippen molar-refractivity contribution < 1.29 is 28.6 Å². The topological polar surface area (TPSA) is 83.9 Å². The largest absolute Gasteiger partial charge is 0.487 e. The molecule has 1 aliphatic heterocycles. The van der Waals surface area contributed by atoms with Crippen LogP contribution in [-0.4, -0.2) is 34.1 Å². The van der Waals surface area contributed by atoms with E-state index in [4.69, 9.17) is 16.3 Å². The number of ketones is 2. The Labute approximate surface area is 219 Å². The highest BCUT2D eigenvalue weighted by molar-refractivity contribution is 6.32. The number of benzene rings is 2. The van der Waals surface area contributed by atoms with Crippen LogP contribution in [0.1, 0.15) is 62.0 Å². The van der Waals surface area contributed by atoms with Crippen LogP contribution >= 0.6 is 11.6 Å². The number of allylic oxidation sites excluding steroid dienone is 4. The highest BCUT2D eigenvalue weighted by Gasteiger charge is 2.43. The number of carbonyl (C=O) groups is 3. The molecule has 0 saturated carbocycles. The van der Waals surface area contributed by atoms with Gasteiger partial charge in [-0.2, -0.15) is 0 Å². The van der Waals surface area contributed by atoms with Gasteiger partial charge in [-0.25, -0.2) is 4.39 Å². The van der Waals surface area contributed by atoms with E-state index in [9.17, 15) is 23.9 Å². The smallest absolute Gasteiger partial charge is 0.305 e. The number of hydrogen-bond donors (Lipinski definition) is 1. The third-order valence-electron chi connectivity index (χ3n) is 7.21. The van der Waals surface area contributed by atoms with Crippen LogP contribution in [0.3, 0.4) is 0 Å². The van der Waals surface area contributed by atoms with Gasteiger partial charge < -0.3 is 14.7 Å². The molecule has 0 unspecified atom stereocenters. The molecule has 2 aliphatic carbocycles. The zero-order chi connectivity index (χ0) is 26.1. The first-order valence-corrected chi connectivity index (χ1v) is 12.9. The molecule has 37 heavy (non-hydrogen) atoms. The van der Waals surface area contributed by atoms with Crippen molar-refractivity contribution in [2.45, 2.75) is 57.5 Å². The number of hydrogen-bond acceptors (Lipinski definition) is 5. The monoisotopic (exact) mass is 523 g/mol. The van der Waals surface area contributed by atoms with E-state index in [-0.39, 0.29) is 37.0 Å². The Morgan fingerprint density at radius 3 is 2.27 bits per heavy atom. The second kappa shape index (κ2) is 10.5. The molecule has 2 aromatic rings. The number of carbonyl (C=O) groups excluding carboxylic acids is 2. The number of carboxylic acid groups (broad SMARTS) is 1. The summed E-state index contributed by atoms with van der Waals surface area (Å²) in [6.07, 6.45) is 3.40. The number of ether oxygens (including phenoxy) is 1. The fourth-order valence-electron chi connectivity index (χ4n) is 5.63. The van der Waals surface area contributed by atoms with Gasteiger partial charge in [0, 0.05) is 47.8 Å². The Hall–Kier alpha value is -3.45. The van der Waals surface area contributed by atoms with Gasteiger partial charge >= 0.3 is 5.97 Å². The summed E-state index contributed by atoms with van der Waals surface area (Å²) in [7, 11) is 0. The van der Waals surface area contributed by atoms with E-state index in [1.54, 1.807) is 24.3 Å². The van der Waals surface area contributed by atoms with E-state index in [0.29, 0.717) is 66.0 Å². The third kappa shape index (κ3) is 5.05. The normalized spacial score (nSPS) is 18.2. The fourth-order valence-corrected chi connectivity index (χ4v) is 5.87. The maximum absolute atomic E-state index is 13.5. The Morgan fingerprint density at radius 2 is 1.68 bits per heavy atom. The van der Waals surface area contributed by atoms with E-state index in [2.05, 4.69) is 0 Å². The molecule has 0 spiro atoms. The van der Waals surface area contributed by atoms with E-state index >= 15 is 0 Å². The predicted octanol–water partition coefficient (Wildman–Crippen LogP) is 5.95. The van der Waals surface area contributed by atoms with E-state index in [0.717, 1.165) is 17.0 Å². The van der Waals surface area contributed by atoms with Crippen molar-refractivity contribution in [1.29, 1.82) is 0 Å². The van der Waals surface area contributed by atoms with Crippen molar-refractivity contribution in [1.82, 2.24) is 4.90 Å². The summed E-state index contributed by atoms with van der Waals surface area (Å²) in [6, 6.07) is 11.4. The molecule has 6 nitrogen and oxygen atoms in total. The first-order chi connectivity index (χ1) is 17.8.